The average molecular weight is 497 g/mol. The second-order valence-corrected chi connectivity index (χ2v) is 20.1. The lowest BCUT2D eigenvalue weighted by molar-refractivity contribution is -0.180. The second-order valence-electron chi connectivity index (χ2n) is 14.8. The second kappa shape index (κ2) is 7.70. The third-order valence-electron chi connectivity index (χ3n) is 11.5. The molecule has 4 saturated carbocycles. The number of ether oxygens (including phenoxy) is 2. The van der Waals surface area contributed by atoms with E-state index in [9.17, 15) is 0 Å². The van der Waals surface area contributed by atoms with Gasteiger partial charge in [0.1, 0.15) is 0 Å². The van der Waals surface area contributed by atoms with Gasteiger partial charge in [0.15, 0.2) is 14.1 Å². The summed E-state index contributed by atoms with van der Waals surface area (Å²) in [6.07, 6.45) is 9.43. The van der Waals surface area contributed by atoms with E-state index in [0.717, 1.165) is 6.42 Å². The number of fused-ring (bicyclic) bond motifs is 8. The van der Waals surface area contributed by atoms with Gasteiger partial charge in [-0.05, 0) is 98.6 Å². The monoisotopic (exact) mass is 496 g/mol. The summed E-state index contributed by atoms with van der Waals surface area (Å²) in [6, 6.07) is 0. The lowest BCUT2D eigenvalue weighted by Crippen LogP contribution is -2.65. The van der Waals surface area contributed by atoms with Gasteiger partial charge in [0, 0.05) is 5.38 Å². The van der Waals surface area contributed by atoms with Gasteiger partial charge in [-0.15, -0.1) is 11.6 Å². The van der Waals surface area contributed by atoms with Gasteiger partial charge >= 0.3 is 0 Å². The Morgan fingerprint density at radius 3 is 2.21 bits per heavy atom. The van der Waals surface area contributed by atoms with Gasteiger partial charge in [-0.2, -0.15) is 0 Å². The van der Waals surface area contributed by atoms with Crippen LogP contribution in [0.25, 0.3) is 0 Å². The van der Waals surface area contributed by atoms with Crippen molar-refractivity contribution in [3.63, 3.8) is 0 Å². The molecule has 1 aliphatic heterocycles. The van der Waals surface area contributed by atoms with E-state index in [4.69, 9.17) is 25.5 Å². The van der Waals surface area contributed by atoms with Crippen molar-refractivity contribution in [2.45, 2.75) is 141 Å². The van der Waals surface area contributed by atoms with Crippen LogP contribution in [0.2, 0.25) is 18.1 Å². The van der Waals surface area contributed by atoms with Crippen molar-refractivity contribution >= 4 is 19.9 Å². The number of rotatable bonds is 2. The first-order valence-corrected chi connectivity index (χ1v) is 17.1. The molecule has 0 aromatic heterocycles. The first-order chi connectivity index (χ1) is 15.1. The van der Waals surface area contributed by atoms with Crippen molar-refractivity contribution in [3.8, 4) is 0 Å². The number of halogens is 1. The number of alkyl halides is 1. The molecule has 190 valence electrons. The minimum Gasteiger partial charge on any atom is -0.413 e. The fourth-order valence-electron chi connectivity index (χ4n) is 8.96. The van der Waals surface area contributed by atoms with Gasteiger partial charge in [-0.25, -0.2) is 0 Å². The van der Waals surface area contributed by atoms with Gasteiger partial charge in [-0.1, -0.05) is 47.5 Å². The summed E-state index contributed by atoms with van der Waals surface area (Å²) in [7, 11) is -1.85. The Morgan fingerprint density at radius 2 is 1.55 bits per heavy atom. The molecule has 5 unspecified atom stereocenters. The fourth-order valence-corrected chi connectivity index (χ4v) is 11.2. The molecule has 33 heavy (non-hydrogen) atoms. The zero-order chi connectivity index (χ0) is 24.2. The molecule has 1 saturated heterocycles. The smallest absolute Gasteiger partial charge is 0.192 e. The van der Waals surface area contributed by atoms with Gasteiger partial charge in [0.25, 0.3) is 0 Å². The van der Waals surface area contributed by atoms with Crippen molar-refractivity contribution in [1.29, 1.82) is 0 Å². The minimum atomic E-state index is -1.85. The van der Waals surface area contributed by atoms with Crippen LogP contribution in [0.3, 0.4) is 0 Å². The molecule has 0 radical (unpaired) electrons. The van der Waals surface area contributed by atoms with Gasteiger partial charge < -0.3 is 13.9 Å². The molecular weight excluding hydrogens is 448 g/mol. The van der Waals surface area contributed by atoms with Crippen LogP contribution in [0.1, 0.15) is 93.4 Å². The molecular formula is C28H49ClO3Si. The van der Waals surface area contributed by atoms with Crippen LogP contribution in [0, 0.1) is 34.5 Å². The van der Waals surface area contributed by atoms with E-state index in [2.05, 4.69) is 61.6 Å². The molecule has 4 aliphatic carbocycles. The molecule has 0 aromatic rings. The van der Waals surface area contributed by atoms with E-state index >= 15 is 0 Å². The van der Waals surface area contributed by atoms with Crippen molar-refractivity contribution in [2.75, 3.05) is 0 Å². The fraction of sp³-hybridized carbons (Fsp3) is 1.00. The van der Waals surface area contributed by atoms with Crippen LogP contribution >= 0.6 is 11.6 Å². The standard InChI is InChI=1S/C28H49ClO3Si/c1-25(2,3)33(8,9)32-20-14-13-17-21-22(19(29)16-28(17,20)7)27(6)15-11-10-12-18(27)23-24(21)31-26(4,5)30-23/h17-24H,10-16H2,1-9H3/t17?,18?,19?,20-,21?,22?,23+,24+,27-,28-/m0/s1. The van der Waals surface area contributed by atoms with Crippen LogP contribution in [0.5, 0.6) is 0 Å². The van der Waals surface area contributed by atoms with Crippen LogP contribution in [0.15, 0.2) is 0 Å². The SMILES string of the molecule is CC1(C)O[C@@H]2C3C(C(Cl)C[C@@]4(C)C3CC[C@@H]4O[Si](C)(C)C(C)(C)C)[C@@]3(C)CCCCC3[C@H]2O1. The Kier molecular flexibility index (Phi) is 5.84. The Morgan fingerprint density at radius 1 is 0.879 bits per heavy atom. The Bertz CT molecular complexity index is 778. The van der Waals surface area contributed by atoms with E-state index < -0.39 is 14.1 Å². The van der Waals surface area contributed by atoms with Crippen LogP contribution in [-0.2, 0) is 13.9 Å². The van der Waals surface area contributed by atoms with Crippen molar-refractivity contribution in [1.82, 2.24) is 0 Å². The molecule has 5 aliphatic rings. The summed E-state index contributed by atoms with van der Waals surface area (Å²) in [6.45, 7) is 21.2. The lowest BCUT2D eigenvalue weighted by Gasteiger charge is -2.64. The highest BCUT2D eigenvalue weighted by molar-refractivity contribution is 6.74. The number of hydrogen-bond donors (Lipinski definition) is 0. The van der Waals surface area contributed by atoms with E-state index in [0.29, 0.717) is 29.8 Å². The summed E-state index contributed by atoms with van der Waals surface area (Å²) in [5.74, 6) is 1.69. The molecule has 0 spiro atoms. The van der Waals surface area contributed by atoms with Gasteiger partial charge in [0.2, 0.25) is 0 Å². The molecule has 0 N–H and O–H groups in total. The molecule has 3 nitrogen and oxygen atoms in total. The Balaban J connectivity index is 1.53. The first kappa shape index (κ1) is 25.1. The van der Waals surface area contributed by atoms with Crippen LogP contribution in [0.4, 0.5) is 0 Å². The zero-order valence-electron chi connectivity index (χ0n) is 22.7. The number of hydrogen-bond acceptors (Lipinski definition) is 3. The van der Waals surface area contributed by atoms with Gasteiger partial charge in [-0.3, -0.25) is 0 Å². The highest BCUT2D eigenvalue weighted by Crippen LogP contribution is 2.69. The summed E-state index contributed by atoms with van der Waals surface area (Å²) in [5.41, 5.74) is 0.390. The van der Waals surface area contributed by atoms with Crippen molar-refractivity contribution < 1.29 is 13.9 Å². The third kappa shape index (κ3) is 3.66. The highest BCUT2D eigenvalue weighted by Gasteiger charge is 2.70. The normalized spacial score (nSPS) is 51.5. The molecule has 1 heterocycles. The summed E-state index contributed by atoms with van der Waals surface area (Å²) >= 11 is 7.50. The largest absolute Gasteiger partial charge is 0.413 e. The summed E-state index contributed by atoms with van der Waals surface area (Å²) in [4.78, 5) is 0. The predicted octanol–water partition coefficient (Wildman–Crippen LogP) is 7.77. The van der Waals surface area contributed by atoms with Crippen LogP contribution < -0.4 is 0 Å². The zero-order valence-corrected chi connectivity index (χ0v) is 24.4. The molecule has 0 bridgehead atoms. The topological polar surface area (TPSA) is 27.7 Å². The van der Waals surface area contributed by atoms with E-state index in [1.165, 1.54) is 38.5 Å². The molecule has 10 atom stereocenters. The summed E-state index contributed by atoms with van der Waals surface area (Å²) in [5, 5.41) is 0.420. The van der Waals surface area contributed by atoms with Crippen molar-refractivity contribution in [2.24, 2.45) is 34.5 Å². The van der Waals surface area contributed by atoms with E-state index in [-0.39, 0.29) is 33.5 Å². The molecule has 5 heteroatoms. The van der Waals surface area contributed by atoms with Gasteiger partial charge in [0.05, 0.1) is 18.3 Å². The maximum atomic E-state index is 7.50. The molecule has 5 rings (SSSR count). The predicted molar refractivity (Wildman–Crippen MR) is 138 cm³/mol. The average Bonchev–Trinajstić information content (AvgIpc) is 3.15. The molecule has 0 aromatic carbocycles. The summed E-state index contributed by atoms with van der Waals surface area (Å²) < 4.78 is 20.7. The Labute approximate surface area is 209 Å². The minimum absolute atomic E-state index is 0.127. The Hall–Kier alpha value is 0.387. The van der Waals surface area contributed by atoms with Crippen molar-refractivity contribution in [3.05, 3.63) is 0 Å². The van der Waals surface area contributed by atoms with E-state index in [1.54, 1.807) is 0 Å². The maximum Gasteiger partial charge on any atom is 0.192 e. The lowest BCUT2D eigenvalue weighted by atomic mass is 9.43. The molecule has 0 amide bonds. The third-order valence-corrected chi connectivity index (χ3v) is 16.4. The van der Waals surface area contributed by atoms with Crippen LogP contribution in [-0.4, -0.2) is 37.8 Å². The van der Waals surface area contributed by atoms with E-state index in [1.807, 2.05) is 0 Å². The first-order valence-electron chi connectivity index (χ1n) is 13.8. The highest BCUT2D eigenvalue weighted by atomic mass is 35.5. The maximum absolute atomic E-state index is 7.50. The quantitative estimate of drug-likeness (QED) is 0.288. The molecule has 5 fully saturated rings.